The first-order chi connectivity index (χ1) is 6.97. The second kappa shape index (κ2) is 6.80. The van der Waals surface area contributed by atoms with Crippen molar-refractivity contribution in [3.8, 4) is 0 Å². The Morgan fingerprint density at radius 2 is 2.07 bits per heavy atom. The van der Waals surface area contributed by atoms with Gasteiger partial charge in [0.2, 0.25) is 5.91 Å². The molecule has 0 aromatic rings. The molecule has 0 radical (unpaired) electrons. The highest BCUT2D eigenvalue weighted by molar-refractivity contribution is 5.77. The Hall–Kier alpha value is -0.610. The molecule has 3 N–H and O–H groups in total. The molecule has 4 nitrogen and oxygen atoms in total. The predicted molar refractivity (Wildman–Crippen MR) is 61.7 cm³/mol. The van der Waals surface area contributed by atoms with E-state index in [1.807, 2.05) is 27.7 Å². The molecule has 0 fully saturated rings. The van der Waals surface area contributed by atoms with E-state index < -0.39 is 5.54 Å². The maximum absolute atomic E-state index is 11.6. The summed E-state index contributed by atoms with van der Waals surface area (Å²) >= 11 is 0. The predicted octanol–water partition coefficient (Wildman–Crippen LogP) is 0.652. The lowest BCUT2D eigenvalue weighted by Gasteiger charge is -2.27. The minimum absolute atomic E-state index is 0.0122. The van der Waals surface area contributed by atoms with Crippen LogP contribution in [0.1, 0.15) is 40.5 Å². The van der Waals surface area contributed by atoms with Crippen molar-refractivity contribution in [1.82, 2.24) is 10.6 Å². The van der Waals surface area contributed by atoms with Gasteiger partial charge < -0.3 is 15.7 Å². The van der Waals surface area contributed by atoms with E-state index in [-0.39, 0.29) is 18.6 Å². The fourth-order valence-corrected chi connectivity index (χ4v) is 1.33. The van der Waals surface area contributed by atoms with Crippen molar-refractivity contribution >= 4 is 5.91 Å². The fraction of sp³-hybridized carbons (Fsp3) is 0.909. The molecule has 0 aliphatic carbocycles. The van der Waals surface area contributed by atoms with Crippen molar-refractivity contribution in [3.63, 3.8) is 0 Å². The number of aliphatic hydroxyl groups is 1. The lowest BCUT2D eigenvalue weighted by Crippen LogP contribution is -2.49. The highest BCUT2D eigenvalue weighted by Crippen LogP contribution is 2.08. The number of hydrogen-bond donors (Lipinski definition) is 3. The van der Waals surface area contributed by atoms with Gasteiger partial charge in [0.05, 0.1) is 12.1 Å². The van der Waals surface area contributed by atoms with Gasteiger partial charge in [-0.3, -0.25) is 4.79 Å². The lowest BCUT2D eigenvalue weighted by atomic mass is 10.00. The minimum atomic E-state index is -0.483. The lowest BCUT2D eigenvalue weighted by molar-refractivity contribution is -0.123. The molecule has 0 saturated heterocycles. The fourth-order valence-electron chi connectivity index (χ4n) is 1.33. The zero-order chi connectivity index (χ0) is 11.9. The zero-order valence-electron chi connectivity index (χ0n) is 10.3. The van der Waals surface area contributed by atoms with Crippen LogP contribution >= 0.6 is 0 Å². The average Bonchev–Trinajstić information content (AvgIpc) is 2.17. The number of aliphatic hydroxyl groups excluding tert-OH is 1. The van der Waals surface area contributed by atoms with Gasteiger partial charge >= 0.3 is 0 Å². The topological polar surface area (TPSA) is 61.4 Å². The summed E-state index contributed by atoms with van der Waals surface area (Å²) < 4.78 is 0. The molecular weight excluding hydrogens is 192 g/mol. The molecule has 0 heterocycles. The Morgan fingerprint density at radius 3 is 2.47 bits per heavy atom. The molecule has 90 valence electrons. The second-order valence-corrected chi connectivity index (χ2v) is 4.28. The van der Waals surface area contributed by atoms with Gasteiger partial charge in [-0.05, 0) is 26.8 Å². The van der Waals surface area contributed by atoms with Gasteiger partial charge in [-0.2, -0.15) is 0 Å². The van der Waals surface area contributed by atoms with Crippen LogP contribution in [0.25, 0.3) is 0 Å². The summed E-state index contributed by atoms with van der Waals surface area (Å²) in [6.07, 6.45) is 1.17. The van der Waals surface area contributed by atoms with Crippen molar-refractivity contribution in [2.24, 2.45) is 0 Å². The Kier molecular flexibility index (Phi) is 6.52. The van der Waals surface area contributed by atoms with E-state index in [4.69, 9.17) is 5.11 Å². The minimum Gasteiger partial charge on any atom is -0.394 e. The van der Waals surface area contributed by atoms with E-state index in [2.05, 4.69) is 10.6 Å². The summed E-state index contributed by atoms with van der Waals surface area (Å²) in [5.41, 5.74) is -0.483. The van der Waals surface area contributed by atoms with Crippen molar-refractivity contribution in [1.29, 1.82) is 0 Å². The first-order valence-electron chi connectivity index (χ1n) is 5.62. The Morgan fingerprint density at radius 1 is 1.47 bits per heavy atom. The van der Waals surface area contributed by atoms with Gasteiger partial charge in [0.25, 0.3) is 0 Å². The molecule has 0 saturated carbocycles. The van der Waals surface area contributed by atoms with E-state index in [1.165, 1.54) is 0 Å². The van der Waals surface area contributed by atoms with Gasteiger partial charge in [0, 0.05) is 12.5 Å². The number of hydrogen-bond acceptors (Lipinski definition) is 3. The standard InChI is InChI=1S/C11H24N2O2/c1-5-11(4,8-14)13-10(15)7-9(3)12-6-2/h9,12,14H,5-8H2,1-4H3,(H,13,15). The number of carbonyl (C=O) groups is 1. The highest BCUT2D eigenvalue weighted by atomic mass is 16.3. The molecule has 4 heteroatoms. The number of rotatable bonds is 7. The third-order valence-electron chi connectivity index (χ3n) is 2.61. The van der Waals surface area contributed by atoms with Crippen molar-refractivity contribution in [2.75, 3.05) is 13.2 Å². The van der Waals surface area contributed by atoms with E-state index in [9.17, 15) is 4.79 Å². The van der Waals surface area contributed by atoms with Crippen molar-refractivity contribution in [2.45, 2.75) is 52.1 Å². The van der Waals surface area contributed by atoms with Gasteiger partial charge in [0.1, 0.15) is 0 Å². The van der Waals surface area contributed by atoms with Crippen LogP contribution in [-0.4, -0.2) is 35.7 Å². The summed E-state index contributed by atoms with van der Waals surface area (Å²) in [6, 6.07) is 0.176. The van der Waals surface area contributed by atoms with E-state index in [1.54, 1.807) is 0 Å². The Labute approximate surface area is 92.4 Å². The smallest absolute Gasteiger partial charge is 0.222 e. The third kappa shape index (κ3) is 5.74. The molecule has 0 bridgehead atoms. The van der Waals surface area contributed by atoms with E-state index >= 15 is 0 Å². The van der Waals surface area contributed by atoms with Crippen LogP contribution in [0.4, 0.5) is 0 Å². The van der Waals surface area contributed by atoms with Crippen LogP contribution in [0.5, 0.6) is 0 Å². The summed E-state index contributed by atoms with van der Waals surface area (Å²) in [7, 11) is 0. The number of amides is 1. The molecule has 0 rings (SSSR count). The van der Waals surface area contributed by atoms with Crippen LogP contribution in [0, 0.1) is 0 Å². The van der Waals surface area contributed by atoms with Crippen molar-refractivity contribution in [3.05, 3.63) is 0 Å². The first-order valence-corrected chi connectivity index (χ1v) is 5.62. The largest absolute Gasteiger partial charge is 0.394 e. The van der Waals surface area contributed by atoms with Crippen LogP contribution in [0.3, 0.4) is 0 Å². The normalized spacial score (nSPS) is 16.9. The van der Waals surface area contributed by atoms with Crippen LogP contribution in [-0.2, 0) is 4.79 Å². The Balaban J connectivity index is 4.02. The Bertz CT molecular complexity index is 191. The molecule has 0 aliphatic heterocycles. The zero-order valence-corrected chi connectivity index (χ0v) is 10.3. The maximum Gasteiger partial charge on any atom is 0.222 e. The van der Waals surface area contributed by atoms with Crippen molar-refractivity contribution < 1.29 is 9.90 Å². The SMILES string of the molecule is CCNC(C)CC(=O)NC(C)(CC)CO. The molecule has 2 unspecified atom stereocenters. The second-order valence-electron chi connectivity index (χ2n) is 4.28. The van der Waals surface area contributed by atoms with E-state index in [0.29, 0.717) is 6.42 Å². The quantitative estimate of drug-likeness (QED) is 0.585. The number of nitrogens with one attached hydrogen (secondary N) is 2. The summed E-state index contributed by atoms with van der Waals surface area (Å²) in [5.74, 6) is -0.0122. The van der Waals surface area contributed by atoms with Gasteiger partial charge in [-0.25, -0.2) is 0 Å². The molecule has 0 aromatic carbocycles. The molecule has 15 heavy (non-hydrogen) atoms. The molecule has 0 aliphatic rings. The van der Waals surface area contributed by atoms with Gasteiger partial charge in [-0.1, -0.05) is 13.8 Å². The van der Waals surface area contributed by atoms with Crippen LogP contribution in [0.2, 0.25) is 0 Å². The summed E-state index contributed by atoms with van der Waals surface area (Å²) in [5, 5.41) is 15.2. The first kappa shape index (κ1) is 14.4. The molecule has 2 atom stereocenters. The summed E-state index contributed by atoms with van der Waals surface area (Å²) in [4.78, 5) is 11.6. The van der Waals surface area contributed by atoms with Crippen LogP contribution in [0.15, 0.2) is 0 Å². The molecule has 1 amide bonds. The van der Waals surface area contributed by atoms with Crippen LogP contribution < -0.4 is 10.6 Å². The monoisotopic (exact) mass is 216 g/mol. The van der Waals surface area contributed by atoms with Gasteiger partial charge in [0.15, 0.2) is 0 Å². The number of carbonyl (C=O) groups excluding carboxylic acids is 1. The van der Waals surface area contributed by atoms with Gasteiger partial charge in [-0.15, -0.1) is 0 Å². The van der Waals surface area contributed by atoms with E-state index in [0.717, 1.165) is 13.0 Å². The maximum atomic E-state index is 11.6. The summed E-state index contributed by atoms with van der Waals surface area (Å²) in [6.45, 7) is 8.63. The highest BCUT2D eigenvalue weighted by Gasteiger charge is 2.23. The third-order valence-corrected chi connectivity index (χ3v) is 2.61. The average molecular weight is 216 g/mol. The molecule has 0 spiro atoms. The molecular formula is C11H24N2O2. The molecule has 0 aromatic heterocycles.